The molecule has 1 aliphatic rings. The Morgan fingerprint density at radius 2 is 2.12 bits per heavy atom. The molecular formula is C12H21NO4. The van der Waals surface area contributed by atoms with Gasteiger partial charge in [-0.25, -0.2) is 0 Å². The average Bonchev–Trinajstić information content (AvgIpc) is 2.28. The summed E-state index contributed by atoms with van der Waals surface area (Å²) in [5.41, 5.74) is 0. The van der Waals surface area contributed by atoms with E-state index < -0.39 is 0 Å². The van der Waals surface area contributed by atoms with E-state index in [2.05, 4.69) is 5.32 Å². The molecule has 1 fully saturated rings. The summed E-state index contributed by atoms with van der Waals surface area (Å²) in [6.45, 7) is 2.43. The molecule has 0 aromatic carbocycles. The summed E-state index contributed by atoms with van der Waals surface area (Å²) in [7, 11) is 1.60. The van der Waals surface area contributed by atoms with E-state index in [0.29, 0.717) is 25.2 Å². The number of carbonyl (C=O) groups excluding carboxylic acids is 2. The zero-order valence-corrected chi connectivity index (χ0v) is 10.5. The molecule has 1 rings (SSSR count). The molecule has 0 aromatic rings. The van der Waals surface area contributed by atoms with Gasteiger partial charge in [-0.15, -0.1) is 0 Å². The van der Waals surface area contributed by atoms with Gasteiger partial charge in [0.15, 0.2) is 0 Å². The number of methoxy groups -OCH3 is 1. The number of nitrogens with one attached hydrogen (secondary N) is 1. The molecule has 0 bridgehead atoms. The van der Waals surface area contributed by atoms with Gasteiger partial charge in [0.2, 0.25) is 5.91 Å². The molecule has 0 aromatic heterocycles. The van der Waals surface area contributed by atoms with Crippen molar-refractivity contribution in [1.82, 2.24) is 5.32 Å². The molecule has 0 aliphatic heterocycles. The van der Waals surface area contributed by atoms with Gasteiger partial charge < -0.3 is 14.8 Å². The Kier molecular flexibility index (Phi) is 6.15. The van der Waals surface area contributed by atoms with Gasteiger partial charge in [-0.05, 0) is 19.8 Å². The minimum absolute atomic E-state index is 0.0102. The summed E-state index contributed by atoms with van der Waals surface area (Å²) >= 11 is 0. The number of carbonyl (C=O) groups is 2. The van der Waals surface area contributed by atoms with Crippen molar-refractivity contribution in [2.75, 3.05) is 20.3 Å². The molecule has 0 saturated heterocycles. The van der Waals surface area contributed by atoms with Gasteiger partial charge in [-0.3, -0.25) is 9.59 Å². The van der Waals surface area contributed by atoms with Crippen LogP contribution in [-0.4, -0.2) is 44.2 Å². The SMILES string of the molecule is COCC(C)NC(=O)COC1CCC(=O)CC1. The quantitative estimate of drug-likeness (QED) is 0.744. The van der Waals surface area contributed by atoms with E-state index in [1.54, 1.807) is 7.11 Å². The summed E-state index contributed by atoms with van der Waals surface area (Å²) in [5, 5.41) is 2.77. The molecule has 1 N–H and O–H groups in total. The first-order valence-electron chi connectivity index (χ1n) is 6.03. The van der Waals surface area contributed by atoms with Crippen molar-refractivity contribution < 1.29 is 19.1 Å². The van der Waals surface area contributed by atoms with Crippen LogP contribution in [0.1, 0.15) is 32.6 Å². The van der Waals surface area contributed by atoms with Gasteiger partial charge in [0.05, 0.1) is 12.7 Å². The molecule has 0 heterocycles. The highest BCUT2D eigenvalue weighted by molar-refractivity contribution is 5.79. The molecule has 1 saturated carbocycles. The normalized spacial score (nSPS) is 19.1. The summed E-state index contributed by atoms with van der Waals surface area (Å²) in [6.07, 6.45) is 2.68. The van der Waals surface area contributed by atoms with Gasteiger partial charge in [-0.2, -0.15) is 0 Å². The second kappa shape index (κ2) is 7.40. The highest BCUT2D eigenvalue weighted by Gasteiger charge is 2.20. The maximum Gasteiger partial charge on any atom is 0.246 e. The number of rotatable bonds is 6. The van der Waals surface area contributed by atoms with Crippen LogP contribution in [-0.2, 0) is 19.1 Å². The van der Waals surface area contributed by atoms with E-state index in [-0.39, 0.29) is 24.7 Å². The number of amides is 1. The number of hydrogen-bond acceptors (Lipinski definition) is 4. The monoisotopic (exact) mass is 243 g/mol. The topological polar surface area (TPSA) is 64.6 Å². The van der Waals surface area contributed by atoms with E-state index >= 15 is 0 Å². The summed E-state index contributed by atoms with van der Waals surface area (Å²) < 4.78 is 10.4. The highest BCUT2D eigenvalue weighted by atomic mass is 16.5. The Hall–Kier alpha value is -0.940. The third-order valence-corrected chi connectivity index (χ3v) is 2.76. The minimum Gasteiger partial charge on any atom is -0.383 e. The first kappa shape index (κ1) is 14.1. The van der Waals surface area contributed by atoms with Crippen molar-refractivity contribution in [2.24, 2.45) is 0 Å². The van der Waals surface area contributed by atoms with Gasteiger partial charge in [0.1, 0.15) is 12.4 Å². The van der Waals surface area contributed by atoms with Crippen LogP contribution < -0.4 is 5.32 Å². The van der Waals surface area contributed by atoms with Crippen LogP contribution >= 0.6 is 0 Å². The molecule has 5 nitrogen and oxygen atoms in total. The molecule has 0 radical (unpaired) electrons. The molecule has 0 spiro atoms. The van der Waals surface area contributed by atoms with E-state index in [0.717, 1.165) is 12.8 Å². The van der Waals surface area contributed by atoms with Gasteiger partial charge in [-0.1, -0.05) is 0 Å². The average molecular weight is 243 g/mol. The van der Waals surface area contributed by atoms with E-state index in [9.17, 15) is 9.59 Å². The predicted octanol–water partition coefficient (Wildman–Crippen LogP) is 0.666. The molecule has 5 heteroatoms. The van der Waals surface area contributed by atoms with Crippen LogP contribution in [0.5, 0.6) is 0 Å². The number of Topliss-reactive ketones (excluding diaryl/α,β-unsaturated/α-hetero) is 1. The van der Waals surface area contributed by atoms with Crippen LogP contribution in [0.2, 0.25) is 0 Å². The smallest absolute Gasteiger partial charge is 0.246 e. The second-order valence-electron chi connectivity index (χ2n) is 4.47. The zero-order chi connectivity index (χ0) is 12.7. The van der Waals surface area contributed by atoms with Crippen molar-refractivity contribution in [3.63, 3.8) is 0 Å². The lowest BCUT2D eigenvalue weighted by Crippen LogP contribution is -2.39. The fourth-order valence-corrected chi connectivity index (χ4v) is 1.88. The van der Waals surface area contributed by atoms with Crippen LogP contribution in [0.25, 0.3) is 0 Å². The Balaban J connectivity index is 2.13. The summed E-state index contributed by atoms with van der Waals surface area (Å²) in [4.78, 5) is 22.5. The van der Waals surface area contributed by atoms with Crippen molar-refractivity contribution in [3.8, 4) is 0 Å². The Morgan fingerprint density at radius 3 is 2.71 bits per heavy atom. The van der Waals surface area contributed by atoms with E-state index in [4.69, 9.17) is 9.47 Å². The fourth-order valence-electron chi connectivity index (χ4n) is 1.88. The van der Waals surface area contributed by atoms with Crippen LogP contribution in [0.3, 0.4) is 0 Å². The fraction of sp³-hybridized carbons (Fsp3) is 0.833. The van der Waals surface area contributed by atoms with Crippen LogP contribution in [0, 0.1) is 0 Å². The summed E-state index contributed by atoms with van der Waals surface area (Å²) in [6, 6.07) is -0.0102. The van der Waals surface area contributed by atoms with E-state index in [1.807, 2.05) is 6.92 Å². The second-order valence-corrected chi connectivity index (χ2v) is 4.47. The lowest BCUT2D eigenvalue weighted by Gasteiger charge is -2.21. The number of ether oxygens (including phenoxy) is 2. The zero-order valence-electron chi connectivity index (χ0n) is 10.5. The lowest BCUT2D eigenvalue weighted by molar-refractivity contribution is -0.130. The standard InChI is InChI=1S/C12H21NO4/c1-9(7-16-2)13-12(15)8-17-11-5-3-10(14)4-6-11/h9,11H,3-8H2,1-2H3,(H,13,15). The molecule has 1 unspecified atom stereocenters. The predicted molar refractivity (Wildman–Crippen MR) is 62.7 cm³/mol. The Morgan fingerprint density at radius 1 is 1.47 bits per heavy atom. The Labute approximate surface area is 102 Å². The lowest BCUT2D eigenvalue weighted by atomic mass is 9.96. The first-order chi connectivity index (χ1) is 8.11. The summed E-state index contributed by atoms with van der Waals surface area (Å²) in [5.74, 6) is 0.162. The van der Waals surface area contributed by atoms with Gasteiger partial charge in [0, 0.05) is 26.0 Å². The Bertz CT molecular complexity index is 257. The van der Waals surface area contributed by atoms with Crippen molar-refractivity contribution in [3.05, 3.63) is 0 Å². The van der Waals surface area contributed by atoms with Crippen molar-refractivity contribution in [1.29, 1.82) is 0 Å². The molecule has 1 atom stereocenters. The van der Waals surface area contributed by atoms with Crippen molar-refractivity contribution in [2.45, 2.75) is 44.8 Å². The molecule has 1 amide bonds. The number of ketones is 1. The van der Waals surface area contributed by atoms with Gasteiger partial charge >= 0.3 is 0 Å². The molecule has 98 valence electrons. The minimum atomic E-state index is -0.133. The maximum absolute atomic E-state index is 11.5. The molecule has 1 aliphatic carbocycles. The van der Waals surface area contributed by atoms with E-state index in [1.165, 1.54) is 0 Å². The highest BCUT2D eigenvalue weighted by Crippen LogP contribution is 2.17. The first-order valence-corrected chi connectivity index (χ1v) is 6.03. The number of hydrogen-bond donors (Lipinski definition) is 1. The van der Waals surface area contributed by atoms with Crippen LogP contribution in [0.4, 0.5) is 0 Å². The third kappa shape index (κ3) is 5.79. The molecular weight excluding hydrogens is 222 g/mol. The van der Waals surface area contributed by atoms with Crippen molar-refractivity contribution >= 4 is 11.7 Å². The largest absolute Gasteiger partial charge is 0.383 e. The maximum atomic E-state index is 11.5. The van der Waals surface area contributed by atoms with Crippen LogP contribution in [0.15, 0.2) is 0 Å². The van der Waals surface area contributed by atoms with Gasteiger partial charge in [0.25, 0.3) is 0 Å². The molecule has 17 heavy (non-hydrogen) atoms. The third-order valence-electron chi connectivity index (χ3n) is 2.76.